The number of ether oxygens (including phenoxy) is 1. The third-order valence-corrected chi connectivity index (χ3v) is 4.02. The lowest BCUT2D eigenvalue weighted by Gasteiger charge is -2.33. The summed E-state index contributed by atoms with van der Waals surface area (Å²) < 4.78 is 42.7. The van der Waals surface area contributed by atoms with Gasteiger partial charge in [-0.05, 0) is 12.8 Å². The van der Waals surface area contributed by atoms with Crippen LogP contribution in [0.4, 0.5) is 13.2 Å². The predicted molar refractivity (Wildman–Crippen MR) is 75.4 cm³/mol. The maximum absolute atomic E-state index is 12.6. The molecular formula is C14H18F3N3O4. The molecule has 7 nitrogen and oxygen atoms in total. The number of hydrogen-bond donors (Lipinski definition) is 1. The lowest BCUT2D eigenvalue weighted by Crippen LogP contribution is -2.56. The molecule has 0 saturated carbocycles. The maximum atomic E-state index is 12.6. The van der Waals surface area contributed by atoms with E-state index in [-0.39, 0.29) is 25.1 Å². The molecule has 2 rings (SSSR count). The molecule has 1 aliphatic heterocycles. The summed E-state index contributed by atoms with van der Waals surface area (Å²) in [6.07, 6.45) is -2.27. The van der Waals surface area contributed by atoms with Crippen molar-refractivity contribution in [3.05, 3.63) is 18.0 Å². The number of carboxylic acids is 1. The number of aryl methyl sites for hydroxylation is 1. The van der Waals surface area contributed by atoms with Gasteiger partial charge in [-0.25, -0.2) is 4.79 Å². The molecule has 0 spiro atoms. The molecule has 10 heteroatoms. The summed E-state index contributed by atoms with van der Waals surface area (Å²) in [5, 5.41) is 13.3. The van der Waals surface area contributed by atoms with Crippen molar-refractivity contribution in [2.75, 3.05) is 20.3 Å². The second-order valence-electron chi connectivity index (χ2n) is 5.69. The standard InChI is InChI=1S/C14H18F3N3O4/c1-24-9-13(12(22)23)3-2-5-20(13)11(21)10-7-18-19(8-10)6-4-14(15,16)17/h7-8H,2-6,9H2,1H3,(H,22,23). The van der Waals surface area contributed by atoms with Gasteiger partial charge >= 0.3 is 12.1 Å². The van der Waals surface area contributed by atoms with Gasteiger partial charge < -0.3 is 14.7 Å². The molecule has 1 N–H and O–H groups in total. The van der Waals surface area contributed by atoms with Crippen LogP contribution < -0.4 is 0 Å². The SMILES string of the molecule is COCC1(C(=O)O)CCCN1C(=O)c1cnn(CCC(F)(F)F)c1. The summed E-state index contributed by atoms with van der Waals surface area (Å²) in [7, 11) is 1.35. The highest BCUT2D eigenvalue weighted by Crippen LogP contribution is 2.31. The van der Waals surface area contributed by atoms with Crippen molar-refractivity contribution < 1.29 is 32.6 Å². The molecule has 1 atom stereocenters. The number of carboxylic acid groups (broad SMARTS) is 1. The van der Waals surface area contributed by atoms with Gasteiger partial charge in [-0.2, -0.15) is 18.3 Å². The van der Waals surface area contributed by atoms with Gasteiger partial charge in [0.1, 0.15) is 0 Å². The Morgan fingerprint density at radius 3 is 2.75 bits per heavy atom. The molecule has 1 aromatic rings. The number of carbonyl (C=O) groups excluding carboxylic acids is 1. The molecule has 0 radical (unpaired) electrons. The average molecular weight is 349 g/mol. The number of aromatic nitrogens is 2. The number of rotatable bonds is 6. The zero-order valence-electron chi connectivity index (χ0n) is 13.0. The van der Waals surface area contributed by atoms with E-state index >= 15 is 0 Å². The van der Waals surface area contributed by atoms with Crippen LogP contribution in [0.3, 0.4) is 0 Å². The predicted octanol–water partition coefficient (Wildman–Crippen LogP) is 1.54. The van der Waals surface area contributed by atoms with E-state index in [0.29, 0.717) is 6.42 Å². The smallest absolute Gasteiger partial charge is 0.390 e. The van der Waals surface area contributed by atoms with Crippen molar-refractivity contribution in [1.82, 2.24) is 14.7 Å². The van der Waals surface area contributed by atoms with Gasteiger partial charge in [0.25, 0.3) is 5.91 Å². The van der Waals surface area contributed by atoms with Crippen molar-refractivity contribution in [1.29, 1.82) is 0 Å². The van der Waals surface area contributed by atoms with Crippen LogP contribution in [0.15, 0.2) is 12.4 Å². The zero-order valence-corrected chi connectivity index (χ0v) is 13.0. The van der Waals surface area contributed by atoms with Crippen LogP contribution in [-0.2, 0) is 16.1 Å². The summed E-state index contributed by atoms with van der Waals surface area (Å²) in [5.41, 5.74) is -1.40. The van der Waals surface area contributed by atoms with Crippen LogP contribution in [0.1, 0.15) is 29.6 Å². The maximum Gasteiger partial charge on any atom is 0.390 e. The van der Waals surface area contributed by atoms with Crippen LogP contribution in [0.5, 0.6) is 0 Å². The molecule has 0 aromatic carbocycles. The summed E-state index contributed by atoms with van der Waals surface area (Å²) in [6, 6.07) is 0. The number of methoxy groups -OCH3 is 1. The molecule has 1 aliphatic rings. The second kappa shape index (κ2) is 6.80. The number of alkyl halides is 3. The van der Waals surface area contributed by atoms with Crippen LogP contribution in [0.2, 0.25) is 0 Å². The number of likely N-dealkylation sites (tertiary alicyclic amines) is 1. The van der Waals surface area contributed by atoms with Gasteiger partial charge in [-0.3, -0.25) is 9.48 Å². The monoisotopic (exact) mass is 349 g/mol. The van der Waals surface area contributed by atoms with E-state index in [4.69, 9.17) is 4.74 Å². The minimum atomic E-state index is -4.32. The van der Waals surface area contributed by atoms with E-state index in [0.717, 1.165) is 10.9 Å². The van der Waals surface area contributed by atoms with Gasteiger partial charge in [0.15, 0.2) is 5.54 Å². The first-order valence-electron chi connectivity index (χ1n) is 7.33. The number of aliphatic carboxylic acids is 1. The van der Waals surface area contributed by atoms with Crippen molar-refractivity contribution in [3.63, 3.8) is 0 Å². The minimum absolute atomic E-state index is 0.0563. The van der Waals surface area contributed by atoms with E-state index in [2.05, 4.69) is 5.10 Å². The lowest BCUT2D eigenvalue weighted by molar-refractivity contribution is -0.151. The van der Waals surface area contributed by atoms with E-state index in [1.165, 1.54) is 18.2 Å². The van der Waals surface area contributed by atoms with Gasteiger partial charge in [-0.1, -0.05) is 0 Å². The highest BCUT2D eigenvalue weighted by molar-refractivity contribution is 5.98. The highest BCUT2D eigenvalue weighted by atomic mass is 19.4. The highest BCUT2D eigenvalue weighted by Gasteiger charge is 2.50. The molecule has 0 bridgehead atoms. The van der Waals surface area contributed by atoms with Crippen molar-refractivity contribution in [2.24, 2.45) is 0 Å². The molecule has 1 fully saturated rings. The van der Waals surface area contributed by atoms with Crippen LogP contribution in [-0.4, -0.2) is 63.6 Å². The summed E-state index contributed by atoms with van der Waals surface area (Å²) in [4.78, 5) is 25.4. The Balaban J connectivity index is 2.16. The molecule has 1 saturated heterocycles. The van der Waals surface area contributed by atoms with Crippen molar-refractivity contribution >= 4 is 11.9 Å². The van der Waals surface area contributed by atoms with Gasteiger partial charge in [0.05, 0.1) is 24.8 Å². The Morgan fingerprint density at radius 1 is 1.46 bits per heavy atom. The van der Waals surface area contributed by atoms with Crippen LogP contribution in [0.25, 0.3) is 0 Å². The van der Waals surface area contributed by atoms with Gasteiger partial charge in [-0.15, -0.1) is 0 Å². The van der Waals surface area contributed by atoms with Crippen LogP contribution >= 0.6 is 0 Å². The van der Waals surface area contributed by atoms with Crippen molar-refractivity contribution in [3.8, 4) is 0 Å². The molecule has 1 aromatic heterocycles. The van der Waals surface area contributed by atoms with Gasteiger partial charge in [0, 0.05) is 26.4 Å². The fraction of sp³-hybridized carbons (Fsp3) is 0.643. The summed E-state index contributed by atoms with van der Waals surface area (Å²) in [6.45, 7) is -0.322. The van der Waals surface area contributed by atoms with Crippen LogP contribution in [0, 0.1) is 0 Å². The Morgan fingerprint density at radius 2 is 2.17 bits per heavy atom. The first-order valence-corrected chi connectivity index (χ1v) is 7.33. The van der Waals surface area contributed by atoms with Crippen molar-refractivity contribution in [2.45, 2.75) is 37.5 Å². The third kappa shape index (κ3) is 3.69. The van der Waals surface area contributed by atoms with E-state index in [1.807, 2.05) is 0 Å². The molecule has 0 aliphatic carbocycles. The number of amides is 1. The lowest BCUT2D eigenvalue weighted by atomic mass is 9.97. The second-order valence-corrected chi connectivity index (χ2v) is 5.69. The Kier molecular flexibility index (Phi) is 5.16. The minimum Gasteiger partial charge on any atom is -0.479 e. The van der Waals surface area contributed by atoms with E-state index in [9.17, 15) is 27.9 Å². The molecule has 1 unspecified atom stereocenters. The largest absolute Gasteiger partial charge is 0.479 e. The third-order valence-electron chi connectivity index (χ3n) is 4.02. The molecule has 2 heterocycles. The summed E-state index contributed by atoms with van der Waals surface area (Å²) in [5.74, 6) is -1.75. The average Bonchev–Trinajstić information content (AvgIpc) is 3.11. The summed E-state index contributed by atoms with van der Waals surface area (Å²) >= 11 is 0. The molecule has 24 heavy (non-hydrogen) atoms. The Labute approximate surface area is 136 Å². The number of nitrogens with zero attached hydrogens (tertiary/aromatic N) is 3. The zero-order chi connectivity index (χ0) is 18.0. The Hall–Kier alpha value is -2.10. The van der Waals surface area contributed by atoms with Gasteiger partial charge in [0.2, 0.25) is 0 Å². The first kappa shape index (κ1) is 18.2. The fourth-order valence-corrected chi connectivity index (χ4v) is 2.84. The number of carbonyl (C=O) groups is 2. The fourth-order valence-electron chi connectivity index (χ4n) is 2.84. The van der Waals surface area contributed by atoms with E-state index in [1.54, 1.807) is 0 Å². The van der Waals surface area contributed by atoms with E-state index < -0.39 is 36.6 Å². The normalized spacial score (nSPS) is 21.2. The number of halogens is 3. The first-order chi connectivity index (χ1) is 11.2. The molecular weight excluding hydrogens is 331 g/mol. The quantitative estimate of drug-likeness (QED) is 0.842. The topological polar surface area (TPSA) is 84.7 Å². The molecule has 134 valence electrons. The number of hydrogen-bond acceptors (Lipinski definition) is 4. The molecule has 1 amide bonds. The Bertz CT molecular complexity index is 617.